The molecule has 0 fully saturated rings. The van der Waals surface area contributed by atoms with E-state index >= 15 is 0 Å². The van der Waals surface area contributed by atoms with E-state index in [0.29, 0.717) is 22.2 Å². The summed E-state index contributed by atoms with van der Waals surface area (Å²) in [5.41, 5.74) is 0.540. The first-order valence-electron chi connectivity index (χ1n) is 5.42. The summed E-state index contributed by atoms with van der Waals surface area (Å²) in [4.78, 5) is 22.1. The first-order valence-corrected chi connectivity index (χ1v) is 6.17. The number of amides is 1. The van der Waals surface area contributed by atoms with Crippen molar-refractivity contribution in [3.63, 3.8) is 0 Å². The highest BCUT2D eigenvalue weighted by molar-refractivity contribution is 6.35. The van der Waals surface area contributed by atoms with E-state index in [2.05, 4.69) is 10.6 Å². The van der Waals surface area contributed by atoms with Gasteiger partial charge in [0.25, 0.3) is 0 Å². The number of hydrogen-bond donors (Lipinski definition) is 2. The lowest BCUT2D eigenvalue weighted by Crippen LogP contribution is -2.30. The first kappa shape index (κ1) is 15.0. The molecule has 0 aromatic heterocycles. The first-order chi connectivity index (χ1) is 8.55. The molecule has 1 atom stereocenters. The molecule has 0 aliphatic rings. The molecule has 18 heavy (non-hydrogen) atoms. The topological polar surface area (TPSA) is 58.2 Å². The average Bonchev–Trinajstić information content (AvgIpc) is 2.26. The standard InChI is InChI=1S/C12H14Cl2N2O2/c1-15-10(2-3-17)7-12(18)16-11-5-8(13)4-9(14)6-11/h3-6,10,15H,2,7H2,1H3,(H,16,18). The Labute approximate surface area is 116 Å². The van der Waals surface area contributed by atoms with E-state index in [0.717, 1.165) is 6.29 Å². The molecule has 0 aliphatic heterocycles. The van der Waals surface area contributed by atoms with E-state index in [1.54, 1.807) is 25.2 Å². The molecule has 0 heterocycles. The highest BCUT2D eigenvalue weighted by Crippen LogP contribution is 2.22. The van der Waals surface area contributed by atoms with Gasteiger partial charge in [-0.25, -0.2) is 0 Å². The minimum Gasteiger partial charge on any atom is -0.326 e. The Morgan fingerprint density at radius 3 is 2.44 bits per heavy atom. The van der Waals surface area contributed by atoms with Gasteiger partial charge in [-0.3, -0.25) is 4.79 Å². The molecule has 1 unspecified atom stereocenters. The van der Waals surface area contributed by atoms with Gasteiger partial charge in [-0.15, -0.1) is 0 Å². The van der Waals surface area contributed by atoms with Crippen LogP contribution < -0.4 is 10.6 Å². The minimum atomic E-state index is -0.200. The Balaban J connectivity index is 2.60. The zero-order valence-corrected chi connectivity index (χ0v) is 11.4. The number of nitrogens with one attached hydrogen (secondary N) is 2. The molecule has 0 saturated heterocycles. The molecule has 0 radical (unpaired) electrons. The Kier molecular flexibility index (Phi) is 6.12. The van der Waals surface area contributed by atoms with Gasteiger partial charge in [0.1, 0.15) is 6.29 Å². The van der Waals surface area contributed by atoms with E-state index in [4.69, 9.17) is 23.2 Å². The molecule has 0 saturated carbocycles. The molecular formula is C12H14Cl2N2O2. The quantitative estimate of drug-likeness (QED) is 0.791. The molecule has 4 nitrogen and oxygen atoms in total. The van der Waals surface area contributed by atoms with Crippen molar-refractivity contribution in [1.82, 2.24) is 5.32 Å². The number of carbonyl (C=O) groups is 2. The Hall–Kier alpha value is -1.10. The van der Waals surface area contributed by atoms with E-state index in [1.807, 2.05) is 0 Å². The zero-order chi connectivity index (χ0) is 13.5. The number of carbonyl (C=O) groups excluding carboxylic acids is 2. The molecular weight excluding hydrogens is 275 g/mol. The summed E-state index contributed by atoms with van der Waals surface area (Å²) in [6.45, 7) is 0. The van der Waals surface area contributed by atoms with Crippen LogP contribution in [0.4, 0.5) is 5.69 Å². The van der Waals surface area contributed by atoms with Crippen LogP contribution in [0.1, 0.15) is 12.8 Å². The van der Waals surface area contributed by atoms with Gasteiger partial charge < -0.3 is 15.4 Å². The molecule has 0 aliphatic carbocycles. The van der Waals surface area contributed by atoms with E-state index in [1.165, 1.54) is 0 Å². The predicted octanol–water partition coefficient (Wildman–Crippen LogP) is 2.50. The van der Waals surface area contributed by atoms with Gasteiger partial charge in [0, 0.05) is 34.6 Å². The van der Waals surface area contributed by atoms with Gasteiger partial charge in [-0.05, 0) is 25.2 Å². The van der Waals surface area contributed by atoms with Crippen LogP contribution in [0, 0.1) is 0 Å². The minimum absolute atomic E-state index is 0.169. The van der Waals surface area contributed by atoms with Gasteiger partial charge in [-0.1, -0.05) is 23.2 Å². The highest BCUT2D eigenvalue weighted by Gasteiger charge is 2.12. The maximum Gasteiger partial charge on any atom is 0.225 e. The van der Waals surface area contributed by atoms with Crippen LogP contribution in [0.3, 0.4) is 0 Å². The predicted molar refractivity (Wildman–Crippen MR) is 73.2 cm³/mol. The fourth-order valence-electron chi connectivity index (χ4n) is 1.48. The number of anilines is 1. The van der Waals surface area contributed by atoms with Crippen LogP contribution in [0.25, 0.3) is 0 Å². The van der Waals surface area contributed by atoms with Crippen LogP contribution in [0.5, 0.6) is 0 Å². The van der Waals surface area contributed by atoms with Crippen LogP contribution in [0.2, 0.25) is 10.0 Å². The molecule has 1 rings (SSSR count). The molecule has 0 bridgehead atoms. The van der Waals surface area contributed by atoms with Crippen molar-refractivity contribution in [3.8, 4) is 0 Å². The lowest BCUT2D eigenvalue weighted by atomic mass is 10.1. The van der Waals surface area contributed by atoms with Gasteiger partial charge in [0.15, 0.2) is 0 Å². The Bertz CT molecular complexity index is 418. The summed E-state index contributed by atoms with van der Waals surface area (Å²) in [5.74, 6) is -0.200. The molecule has 2 N–H and O–H groups in total. The highest BCUT2D eigenvalue weighted by atomic mass is 35.5. The lowest BCUT2D eigenvalue weighted by molar-refractivity contribution is -0.116. The van der Waals surface area contributed by atoms with Gasteiger partial charge in [0.05, 0.1) is 0 Å². The third kappa shape index (κ3) is 5.04. The fourth-order valence-corrected chi connectivity index (χ4v) is 2.01. The molecule has 1 aromatic carbocycles. The largest absolute Gasteiger partial charge is 0.326 e. The number of hydrogen-bond acceptors (Lipinski definition) is 3. The molecule has 6 heteroatoms. The average molecular weight is 289 g/mol. The maximum absolute atomic E-state index is 11.7. The van der Waals surface area contributed by atoms with E-state index in [-0.39, 0.29) is 18.4 Å². The van der Waals surface area contributed by atoms with Crippen LogP contribution in [0.15, 0.2) is 18.2 Å². The molecule has 1 amide bonds. The summed E-state index contributed by atoms with van der Waals surface area (Å²) >= 11 is 11.6. The number of aldehydes is 1. The van der Waals surface area contributed by atoms with Crippen molar-refractivity contribution in [2.45, 2.75) is 18.9 Å². The summed E-state index contributed by atoms with van der Waals surface area (Å²) in [7, 11) is 1.71. The van der Waals surface area contributed by atoms with Crippen molar-refractivity contribution in [2.75, 3.05) is 12.4 Å². The second-order valence-electron chi connectivity index (χ2n) is 3.80. The summed E-state index contributed by atoms with van der Waals surface area (Å²) in [6.07, 6.45) is 1.28. The third-order valence-electron chi connectivity index (χ3n) is 2.37. The monoisotopic (exact) mass is 288 g/mol. The van der Waals surface area contributed by atoms with Gasteiger partial charge >= 0.3 is 0 Å². The smallest absolute Gasteiger partial charge is 0.225 e. The van der Waals surface area contributed by atoms with Crippen molar-refractivity contribution in [3.05, 3.63) is 28.2 Å². The summed E-state index contributed by atoms with van der Waals surface area (Å²) in [6, 6.07) is 4.64. The van der Waals surface area contributed by atoms with Crippen molar-refractivity contribution < 1.29 is 9.59 Å². The summed E-state index contributed by atoms with van der Waals surface area (Å²) in [5, 5.41) is 6.49. The number of benzene rings is 1. The summed E-state index contributed by atoms with van der Waals surface area (Å²) < 4.78 is 0. The van der Waals surface area contributed by atoms with Crippen molar-refractivity contribution in [2.24, 2.45) is 0 Å². The van der Waals surface area contributed by atoms with E-state index in [9.17, 15) is 9.59 Å². The van der Waals surface area contributed by atoms with Gasteiger partial charge in [0.2, 0.25) is 5.91 Å². The molecule has 98 valence electrons. The lowest BCUT2D eigenvalue weighted by Gasteiger charge is -2.13. The van der Waals surface area contributed by atoms with E-state index < -0.39 is 0 Å². The van der Waals surface area contributed by atoms with Gasteiger partial charge in [-0.2, -0.15) is 0 Å². The second-order valence-corrected chi connectivity index (χ2v) is 4.67. The van der Waals surface area contributed by atoms with Crippen LogP contribution in [-0.4, -0.2) is 25.3 Å². The Morgan fingerprint density at radius 2 is 1.94 bits per heavy atom. The van der Waals surface area contributed by atoms with Crippen molar-refractivity contribution >= 4 is 41.1 Å². The molecule has 0 spiro atoms. The normalized spacial score (nSPS) is 11.9. The molecule has 1 aromatic rings. The zero-order valence-electron chi connectivity index (χ0n) is 9.87. The maximum atomic E-state index is 11.7. The van der Waals surface area contributed by atoms with Crippen LogP contribution in [-0.2, 0) is 9.59 Å². The number of rotatable bonds is 6. The fraction of sp³-hybridized carbons (Fsp3) is 0.333. The van der Waals surface area contributed by atoms with Crippen molar-refractivity contribution in [1.29, 1.82) is 0 Å². The van der Waals surface area contributed by atoms with Crippen LogP contribution >= 0.6 is 23.2 Å². The SMILES string of the molecule is CNC(CC=O)CC(=O)Nc1cc(Cl)cc(Cl)c1. The Morgan fingerprint density at radius 1 is 1.33 bits per heavy atom. The third-order valence-corrected chi connectivity index (χ3v) is 2.80. The second kappa shape index (κ2) is 7.36. The number of halogens is 2.